The van der Waals surface area contributed by atoms with Crippen molar-refractivity contribution in [2.45, 2.75) is 19.3 Å². The highest BCUT2D eigenvalue weighted by molar-refractivity contribution is 6.31. The zero-order valence-corrected chi connectivity index (χ0v) is 9.67. The van der Waals surface area contributed by atoms with Gasteiger partial charge in [0.15, 0.2) is 0 Å². The number of hydrogen-bond donors (Lipinski definition) is 1. The zero-order chi connectivity index (χ0) is 11.5. The van der Waals surface area contributed by atoms with E-state index in [0.717, 1.165) is 12.3 Å². The van der Waals surface area contributed by atoms with Gasteiger partial charge in [-0.1, -0.05) is 24.4 Å². The number of rotatable bonds is 4. The van der Waals surface area contributed by atoms with Crippen LogP contribution in [0.4, 0.5) is 5.69 Å². The van der Waals surface area contributed by atoms with Gasteiger partial charge < -0.3 is 10.5 Å². The van der Waals surface area contributed by atoms with Crippen LogP contribution in [-0.4, -0.2) is 12.6 Å². The standard InChI is InChI=1S/C12H14ClNO2/c13-10-5-9(6-11(14)7-10)12(15)16-4-3-8-1-2-8/h5-8H,1-4,14H2. The number of carbonyl (C=O) groups is 1. The number of anilines is 1. The summed E-state index contributed by atoms with van der Waals surface area (Å²) in [5.41, 5.74) is 6.48. The van der Waals surface area contributed by atoms with Gasteiger partial charge in [0.05, 0.1) is 12.2 Å². The molecule has 2 N–H and O–H groups in total. The fraction of sp³-hybridized carbons (Fsp3) is 0.417. The van der Waals surface area contributed by atoms with Crippen molar-refractivity contribution in [3.63, 3.8) is 0 Å². The molecule has 0 radical (unpaired) electrons. The van der Waals surface area contributed by atoms with Gasteiger partial charge in [-0.3, -0.25) is 0 Å². The first kappa shape index (κ1) is 11.3. The van der Waals surface area contributed by atoms with Crippen LogP contribution < -0.4 is 5.73 Å². The van der Waals surface area contributed by atoms with Crippen LogP contribution in [0, 0.1) is 5.92 Å². The predicted octanol–water partition coefficient (Wildman–Crippen LogP) is 2.88. The maximum Gasteiger partial charge on any atom is 0.338 e. The van der Waals surface area contributed by atoms with E-state index in [9.17, 15) is 4.79 Å². The summed E-state index contributed by atoms with van der Waals surface area (Å²) in [6, 6.07) is 4.74. The van der Waals surface area contributed by atoms with Gasteiger partial charge in [-0.25, -0.2) is 4.79 Å². The lowest BCUT2D eigenvalue weighted by Crippen LogP contribution is -2.07. The van der Waals surface area contributed by atoms with E-state index in [1.807, 2.05) is 0 Å². The lowest BCUT2D eigenvalue weighted by Gasteiger charge is -2.05. The summed E-state index contributed by atoms with van der Waals surface area (Å²) < 4.78 is 5.14. The van der Waals surface area contributed by atoms with E-state index in [-0.39, 0.29) is 5.97 Å². The molecule has 16 heavy (non-hydrogen) atoms. The minimum Gasteiger partial charge on any atom is -0.462 e. The van der Waals surface area contributed by atoms with Gasteiger partial charge in [-0.15, -0.1) is 0 Å². The first-order valence-corrected chi connectivity index (χ1v) is 5.76. The summed E-state index contributed by atoms with van der Waals surface area (Å²) in [6.45, 7) is 0.482. The molecular formula is C12H14ClNO2. The quantitative estimate of drug-likeness (QED) is 0.649. The summed E-state index contributed by atoms with van der Waals surface area (Å²) in [7, 11) is 0. The van der Waals surface area contributed by atoms with Crippen LogP contribution in [0.25, 0.3) is 0 Å². The van der Waals surface area contributed by atoms with Crippen molar-refractivity contribution in [2.24, 2.45) is 5.92 Å². The fourth-order valence-corrected chi connectivity index (χ4v) is 1.78. The van der Waals surface area contributed by atoms with Gasteiger partial charge in [-0.2, -0.15) is 0 Å². The second kappa shape index (κ2) is 4.74. The highest BCUT2D eigenvalue weighted by Gasteiger charge is 2.21. The van der Waals surface area contributed by atoms with Crippen LogP contribution in [-0.2, 0) is 4.74 Å². The molecule has 0 aromatic heterocycles. The number of benzene rings is 1. The first-order valence-electron chi connectivity index (χ1n) is 5.38. The first-order chi connectivity index (χ1) is 7.65. The third-order valence-corrected chi connectivity index (χ3v) is 2.83. The average molecular weight is 240 g/mol. The third-order valence-electron chi connectivity index (χ3n) is 2.61. The lowest BCUT2D eigenvalue weighted by molar-refractivity contribution is 0.0495. The van der Waals surface area contributed by atoms with Gasteiger partial charge in [0, 0.05) is 10.7 Å². The minimum atomic E-state index is -0.352. The number of carbonyl (C=O) groups excluding carboxylic acids is 1. The zero-order valence-electron chi connectivity index (χ0n) is 8.91. The van der Waals surface area contributed by atoms with Crippen molar-refractivity contribution < 1.29 is 9.53 Å². The van der Waals surface area contributed by atoms with Gasteiger partial charge in [-0.05, 0) is 30.5 Å². The Bertz CT molecular complexity index is 382. The van der Waals surface area contributed by atoms with E-state index in [2.05, 4.69) is 0 Å². The molecule has 0 spiro atoms. The lowest BCUT2D eigenvalue weighted by atomic mass is 10.2. The van der Waals surface area contributed by atoms with Gasteiger partial charge >= 0.3 is 5.97 Å². The molecule has 0 aliphatic heterocycles. The molecule has 0 bridgehead atoms. The number of nitrogens with two attached hydrogens (primary N) is 1. The molecule has 1 saturated carbocycles. The molecule has 0 saturated heterocycles. The number of hydrogen-bond acceptors (Lipinski definition) is 3. The maximum absolute atomic E-state index is 11.6. The maximum atomic E-state index is 11.6. The molecular weight excluding hydrogens is 226 g/mol. The smallest absolute Gasteiger partial charge is 0.338 e. The molecule has 4 heteroatoms. The van der Waals surface area contributed by atoms with Gasteiger partial charge in [0.1, 0.15) is 0 Å². The van der Waals surface area contributed by atoms with Gasteiger partial charge in [0.25, 0.3) is 0 Å². The minimum absolute atomic E-state index is 0.352. The largest absolute Gasteiger partial charge is 0.462 e. The molecule has 1 aliphatic rings. The molecule has 0 atom stereocenters. The normalized spacial score (nSPS) is 14.8. The Kier molecular flexibility index (Phi) is 3.34. The Labute approximate surface area is 99.5 Å². The molecule has 0 amide bonds. The Balaban J connectivity index is 1.91. The highest BCUT2D eigenvalue weighted by atomic mass is 35.5. The van der Waals surface area contributed by atoms with E-state index in [1.54, 1.807) is 18.2 Å². The topological polar surface area (TPSA) is 52.3 Å². The molecule has 1 aliphatic carbocycles. The predicted molar refractivity (Wildman–Crippen MR) is 63.5 cm³/mol. The highest BCUT2D eigenvalue weighted by Crippen LogP contribution is 2.32. The second-order valence-electron chi connectivity index (χ2n) is 4.14. The van der Waals surface area contributed by atoms with E-state index in [1.165, 1.54) is 12.8 Å². The van der Waals surface area contributed by atoms with Crippen molar-refractivity contribution in [3.05, 3.63) is 28.8 Å². The van der Waals surface area contributed by atoms with Crippen molar-refractivity contribution in [3.8, 4) is 0 Å². The monoisotopic (exact) mass is 239 g/mol. The van der Waals surface area contributed by atoms with Crippen LogP contribution in [0.2, 0.25) is 5.02 Å². The fourth-order valence-electron chi connectivity index (χ4n) is 1.54. The van der Waals surface area contributed by atoms with Crippen LogP contribution in [0.15, 0.2) is 18.2 Å². The SMILES string of the molecule is Nc1cc(Cl)cc(C(=O)OCCC2CC2)c1. The van der Waals surface area contributed by atoms with E-state index >= 15 is 0 Å². The Morgan fingerprint density at radius 1 is 1.44 bits per heavy atom. The van der Waals surface area contributed by atoms with Crippen LogP contribution >= 0.6 is 11.6 Å². The molecule has 0 unspecified atom stereocenters. The molecule has 2 rings (SSSR count). The van der Waals surface area contributed by atoms with Crippen molar-refractivity contribution in [1.29, 1.82) is 0 Å². The Hall–Kier alpha value is -1.22. The molecule has 3 nitrogen and oxygen atoms in total. The van der Waals surface area contributed by atoms with Crippen LogP contribution in [0.5, 0.6) is 0 Å². The van der Waals surface area contributed by atoms with Crippen LogP contribution in [0.3, 0.4) is 0 Å². The Morgan fingerprint density at radius 2 is 2.19 bits per heavy atom. The molecule has 1 aromatic rings. The van der Waals surface area contributed by atoms with E-state index in [0.29, 0.717) is 22.9 Å². The number of esters is 1. The van der Waals surface area contributed by atoms with Gasteiger partial charge in [0.2, 0.25) is 0 Å². The summed E-state index contributed by atoms with van der Waals surface area (Å²) in [6.07, 6.45) is 3.49. The molecule has 1 fully saturated rings. The summed E-state index contributed by atoms with van der Waals surface area (Å²) in [5, 5.41) is 0.453. The summed E-state index contributed by atoms with van der Waals surface area (Å²) in [4.78, 5) is 11.6. The third kappa shape index (κ3) is 3.14. The second-order valence-corrected chi connectivity index (χ2v) is 4.58. The number of halogens is 1. The molecule has 86 valence electrons. The average Bonchev–Trinajstić information content (AvgIpc) is 3.00. The summed E-state index contributed by atoms with van der Waals surface area (Å²) in [5.74, 6) is 0.409. The molecule has 1 aromatic carbocycles. The van der Waals surface area contributed by atoms with E-state index < -0.39 is 0 Å². The number of nitrogen functional groups attached to an aromatic ring is 1. The number of ether oxygens (including phenoxy) is 1. The van der Waals surface area contributed by atoms with Crippen molar-refractivity contribution in [1.82, 2.24) is 0 Å². The van der Waals surface area contributed by atoms with E-state index in [4.69, 9.17) is 22.1 Å². The summed E-state index contributed by atoms with van der Waals surface area (Å²) >= 11 is 5.80. The van der Waals surface area contributed by atoms with Crippen molar-refractivity contribution in [2.75, 3.05) is 12.3 Å². The van der Waals surface area contributed by atoms with Crippen LogP contribution in [0.1, 0.15) is 29.6 Å². The molecule has 0 heterocycles. The Morgan fingerprint density at radius 3 is 2.81 bits per heavy atom. The van der Waals surface area contributed by atoms with Crippen molar-refractivity contribution >= 4 is 23.3 Å².